The summed E-state index contributed by atoms with van der Waals surface area (Å²) in [6.45, 7) is 8.01. The average Bonchev–Trinajstić information content (AvgIpc) is 2.20. The van der Waals surface area contributed by atoms with Crippen molar-refractivity contribution in [2.75, 3.05) is 0 Å². The van der Waals surface area contributed by atoms with Gasteiger partial charge in [-0.05, 0) is 19.8 Å². The zero-order chi connectivity index (χ0) is 11.5. The Bertz CT molecular complexity index is 182. The van der Waals surface area contributed by atoms with Gasteiger partial charge in [0.1, 0.15) is 5.78 Å². The Morgan fingerprint density at radius 1 is 0.933 bits per heavy atom. The summed E-state index contributed by atoms with van der Waals surface area (Å²) < 4.78 is 0. The lowest BCUT2D eigenvalue weighted by Gasteiger charge is -2.01. The van der Waals surface area contributed by atoms with Crippen LogP contribution in [-0.2, 0) is 4.79 Å². The molecule has 0 spiro atoms. The minimum atomic E-state index is 0.411. The van der Waals surface area contributed by atoms with Crippen molar-refractivity contribution in [2.24, 2.45) is 0 Å². The summed E-state index contributed by atoms with van der Waals surface area (Å²) in [5.74, 6) is 0.411. The van der Waals surface area contributed by atoms with Crippen LogP contribution >= 0.6 is 0 Å². The number of Topliss-reactive ketones (excluding diaryl/α,β-unsaturated/α-hetero) is 1. The normalized spacial score (nSPS) is 10.3. The molecule has 0 saturated heterocycles. The van der Waals surface area contributed by atoms with Crippen LogP contribution in [0.4, 0.5) is 0 Å². The number of rotatable bonds is 10. The van der Waals surface area contributed by atoms with E-state index in [1.165, 1.54) is 32.1 Å². The van der Waals surface area contributed by atoms with E-state index in [0.717, 1.165) is 24.8 Å². The third-order valence-corrected chi connectivity index (χ3v) is 2.64. The van der Waals surface area contributed by atoms with Crippen LogP contribution in [0.2, 0.25) is 0 Å². The predicted octanol–water partition coefficient (Wildman–Crippen LogP) is 4.66. The van der Waals surface area contributed by atoms with Crippen molar-refractivity contribution in [3.8, 4) is 0 Å². The molecule has 0 aromatic heterocycles. The second-order valence-electron chi connectivity index (χ2n) is 4.51. The third-order valence-electron chi connectivity index (χ3n) is 2.64. The first-order valence-electron chi connectivity index (χ1n) is 6.33. The smallest absolute Gasteiger partial charge is 0.133 e. The molecule has 88 valence electrons. The topological polar surface area (TPSA) is 17.1 Å². The first-order valence-corrected chi connectivity index (χ1v) is 6.33. The SMILES string of the molecule is C=C(C)CCC(=O)CCCCCCCC. The number of unbranched alkanes of at least 4 members (excludes halogenated alkanes) is 5. The number of allylic oxidation sites excluding steroid dienone is 1. The van der Waals surface area contributed by atoms with Crippen molar-refractivity contribution in [2.45, 2.75) is 71.6 Å². The zero-order valence-electron chi connectivity index (χ0n) is 10.5. The monoisotopic (exact) mass is 210 g/mol. The molecule has 15 heavy (non-hydrogen) atoms. The molecule has 0 N–H and O–H groups in total. The molecule has 0 aliphatic heterocycles. The van der Waals surface area contributed by atoms with Gasteiger partial charge in [-0.15, -0.1) is 6.58 Å². The summed E-state index contributed by atoms with van der Waals surface area (Å²) in [4.78, 5) is 11.4. The summed E-state index contributed by atoms with van der Waals surface area (Å²) >= 11 is 0. The van der Waals surface area contributed by atoms with E-state index in [2.05, 4.69) is 13.5 Å². The van der Waals surface area contributed by atoms with Gasteiger partial charge in [-0.2, -0.15) is 0 Å². The molecule has 0 aliphatic carbocycles. The standard InChI is InChI=1S/C14H26O/c1-4-5-6-7-8-9-10-14(15)12-11-13(2)3/h2,4-12H2,1,3H3. The maximum Gasteiger partial charge on any atom is 0.133 e. The van der Waals surface area contributed by atoms with Gasteiger partial charge in [-0.25, -0.2) is 0 Å². The first kappa shape index (κ1) is 14.4. The van der Waals surface area contributed by atoms with Gasteiger partial charge < -0.3 is 0 Å². The third kappa shape index (κ3) is 11.3. The van der Waals surface area contributed by atoms with Crippen molar-refractivity contribution in [1.82, 2.24) is 0 Å². The van der Waals surface area contributed by atoms with E-state index in [-0.39, 0.29) is 0 Å². The van der Waals surface area contributed by atoms with Gasteiger partial charge in [0.05, 0.1) is 0 Å². The second kappa shape index (κ2) is 9.95. The van der Waals surface area contributed by atoms with Gasteiger partial charge in [0.15, 0.2) is 0 Å². The molecule has 0 unspecified atom stereocenters. The summed E-state index contributed by atoms with van der Waals surface area (Å²) in [7, 11) is 0. The fraction of sp³-hybridized carbons (Fsp3) is 0.786. The molecular weight excluding hydrogens is 184 g/mol. The molecule has 0 aromatic rings. The van der Waals surface area contributed by atoms with Crippen LogP contribution in [0, 0.1) is 0 Å². The molecule has 0 aromatic carbocycles. The Labute approximate surface area is 95.0 Å². The van der Waals surface area contributed by atoms with Crippen LogP contribution in [0.1, 0.15) is 71.6 Å². The molecule has 1 nitrogen and oxygen atoms in total. The van der Waals surface area contributed by atoms with E-state index in [4.69, 9.17) is 0 Å². The highest BCUT2D eigenvalue weighted by Gasteiger charge is 2.01. The van der Waals surface area contributed by atoms with Gasteiger partial charge in [0.25, 0.3) is 0 Å². The lowest BCUT2D eigenvalue weighted by Crippen LogP contribution is -1.97. The van der Waals surface area contributed by atoms with Crippen LogP contribution in [0.25, 0.3) is 0 Å². The van der Waals surface area contributed by atoms with Crippen LogP contribution < -0.4 is 0 Å². The van der Waals surface area contributed by atoms with Crippen molar-refractivity contribution >= 4 is 5.78 Å². The number of hydrogen-bond acceptors (Lipinski definition) is 1. The lowest BCUT2D eigenvalue weighted by molar-refractivity contribution is -0.119. The van der Waals surface area contributed by atoms with Crippen molar-refractivity contribution in [3.05, 3.63) is 12.2 Å². The molecule has 0 bridgehead atoms. The van der Waals surface area contributed by atoms with E-state index < -0.39 is 0 Å². The maximum absolute atomic E-state index is 11.4. The molecule has 0 rings (SSSR count). The summed E-state index contributed by atoms with van der Waals surface area (Å²) in [6, 6.07) is 0. The highest BCUT2D eigenvalue weighted by Crippen LogP contribution is 2.09. The van der Waals surface area contributed by atoms with Gasteiger partial charge in [0.2, 0.25) is 0 Å². The second-order valence-corrected chi connectivity index (χ2v) is 4.51. The minimum Gasteiger partial charge on any atom is -0.300 e. The van der Waals surface area contributed by atoms with Gasteiger partial charge >= 0.3 is 0 Å². The van der Waals surface area contributed by atoms with Gasteiger partial charge in [-0.1, -0.05) is 44.6 Å². The van der Waals surface area contributed by atoms with E-state index in [1.807, 2.05) is 6.92 Å². The van der Waals surface area contributed by atoms with Crippen molar-refractivity contribution in [1.29, 1.82) is 0 Å². The molecular formula is C14H26O. The van der Waals surface area contributed by atoms with Crippen molar-refractivity contribution < 1.29 is 4.79 Å². The number of carbonyl (C=O) groups is 1. The Morgan fingerprint density at radius 2 is 1.53 bits per heavy atom. The highest BCUT2D eigenvalue weighted by molar-refractivity contribution is 5.78. The van der Waals surface area contributed by atoms with Crippen LogP contribution in [0.5, 0.6) is 0 Å². The Morgan fingerprint density at radius 3 is 2.13 bits per heavy atom. The number of carbonyl (C=O) groups excluding carboxylic acids is 1. The van der Waals surface area contributed by atoms with Crippen LogP contribution in [0.3, 0.4) is 0 Å². The molecule has 0 heterocycles. The summed E-state index contributed by atoms with van der Waals surface area (Å²) in [6.07, 6.45) is 9.90. The molecule has 0 saturated carbocycles. The summed E-state index contributed by atoms with van der Waals surface area (Å²) in [5.41, 5.74) is 1.12. The molecule has 0 fully saturated rings. The zero-order valence-corrected chi connectivity index (χ0v) is 10.5. The highest BCUT2D eigenvalue weighted by atomic mass is 16.1. The van der Waals surface area contributed by atoms with Gasteiger partial charge in [0, 0.05) is 12.8 Å². The van der Waals surface area contributed by atoms with Gasteiger partial charge in [-0.3, -0.25) is 4.79 Å². The Hall–Kier alpha value is -0.590. The Kier molecular flexibility index (Phi) is 9.55. The first-order chi connectivity index (χ1) is 7.16. The predicted molar refractivity (Wildman–Crippen MR) is 67.0 cm³/mol. The Balaban J connectivity index is 3.20. The van der Waals surface area contributed by atoms with E-state index >= 15 is 0 Å². The van der Waals surface area contributed by atoms with Crippen LogP contribution in [0.15, 0.2) is 12.2 Å². The number of ketones is 1. The van der Waals surface area contributed by atoms with Crippen LogP contribution in [-0.4, -0.2) is 5.78 Å². The fourth-order valence-electron chi connectivity index (χ4n) is 1.58. The fourth-order valence-corrected chi connectivity index (χ4v) is 1.58. The molecule has 0 aliphatic rings. The molecule has 0 atom stereocenters. The molecule has 1 heteroatoms. The summed E-state index contributed by atoms with van der Waals surface area (Å²) in [5, 5.41) is 0. The van der Waals surface area contributed by atoms with Crippen molar-refractivity contribution in [3.63, 3.8) is 0 Å². The maximum atomic E-state index is 11.4. The molecule has 0 amide bonds. The van der Waals surface area contributed by atoms with E-state index in [9.17, 15) is 4.79 Å². The largest absolute Gasteiger partial charge is 0.300 e. The average molecular weight is 210 g/mol. The molecule has 0 radical (unpaired) electrons. The van der Waals surface area contributed by atoms with E-state index in [1.54, 1.807) is 0 Å². The number of hydrogen-bond donors (Lipinski definition) is 0. The quantitative estimate of drug-likeness (QED) is 0.378. The van der Waals surface area contributed by atoms with E-state index in [0.29, 0.717) is 12.2 Å². The lowest BCUT2D eigenvalue weighted by atomic mass is 10.0. The minimum absolute atomic E-state index is 0.411.